The van der Waals surface area contributed by atoms with Crippen LogP contribution in [-0.2, 0) is 11.3 Å². The highest BCUT2D eigenvalue weighted by Gasteiger charge is 2.23. The maximum atomic E-state index is 11.4. The van der Waals surface area contributed by atoms with E-state index >= 15 is 0 Å². The first kappa shape index (κ1) is 14.9. The lowest BCUT2D eigenvalue weighted by atomic mass is 10.0. The molecule has 122 valence electrons. The Kier molecular flexibility index (Phi) is 3.76. The zero-order valence-electron chi connectivity index (χ0n) is 13.7. The molecule has 0 aliphatic carbocycles. The second-order valence-electron chi connectivity index (χ2n) is 6.41. The van der Waals surface area contributed by atoms with Crippen molar-refractivity contribution < 1.29 is 4.79 Å². The molecule has 3 heterocycles. The van der Waals surface area contributed by atoms with Crippen LogP contribution in [0.5, 0.6) is 0 Å². The van der Waals surface area contributed by atoms with E-state index in [0.717, 1.165) is 36.6 Å². The fraction of sp³-hybridized carbons (Fsp3) is 0.316. The molecule has 0 radical (unpaired) electrons. The van der Waals surface area contributed by atoms with Crippen LogP contribution in [0, 0.1) is 0 Å². The molecular formula is C19H20N4O. The van der Waals surface area contributed by atoms with Crippen LogP contribution in [0.4, 0.5) is 5.82 Å². The van der Waals surface area contributed by atoms with E-state index in [4.69, 9.17) is 4.99 Å². The molecule has 24 heavy (non-hydrogen) atoms. The maximum absolute atomic E-state index is 11.4. The van der Waals surface area contributed by atoms with Gasteiger partial charge < -0.3 is 10.2 Å². The molecule has 0 bridgehead atoms. The number of likely N-dealkylation sites (N-methyl/N-ethyl adjacent to an activating group) is 1. The van der Waals surface area contributed by atoms with Gasteiger partial charge in [0.25, 0.3) is 0 Å². The monoisotopic (exact) mass is 320 g/mol. The third-order valence-electron chi connectivity index (χ3n) is 4.67. The van der Waals surface area contributed by atoms with E-state index in [1.165, 1.54) is 11.1 Å². The van der Waals surface area contributed by atoms with Crippen molar-refractivity contribution in [2.24, 2.45) is 4.99 Å². The van der Waals surface area contributed by atoms with Gasteiger partial charge in [-0.3, -0.25) is 9.79 Å². The molecule has 5 nitrogen and oxygen atoms in total. The average Bonchev–Trinajstić information content (AvgIpc) is 3.21. The Labute approximate surface area is 141 Å². The number of benzene rings is 1. The van der Waals surface area contributed by atoms with Gasteiger partial charge in [0.15, 0.2) is 0 Å². The molecule has 0 saturated carbocycles. The van der Waals surface area contributed by atoms with Crippen molar-refractivity contribution >= 4 is 17.4 Å². The zero-order valence-corrected chi connectivity index (χ0v) is 13.7. The van der Waals surface area contributed by atoms with E-state index in [1.807, 2.05) is 19.3 Å². The highest BCUT2D eigenvalue weighted by molar-refractivity contribution is 6.15. The van der Waals surface area contributed by atoms with Crippen molar-refractivity contribution in [2.75, 3.05) is 18.5 Å². The lowest BCUT2D eigenvalue weighted by Crippen LogP contribution is -2.37. The minimum absolute atomic E-state index is 0.145. The fourth-order valence-corrected chi connectivity index (χ4v) is 3.40. The number of carbonyl (C=O) groups is 1. The van der Waals surface area contributed by atoms with E-state index in [0.29, 0.717) is 6.42 Å². The van der Waals surface area contributed by atoms with Crippen LogP contribution in [0.25, 0.3) is 0 Å². The summed E-state index contributed by atoms with van der Waals surface area (Å²) in [7, 11) is 2.01. The molecule has 4 rings (SSSR count). The summed E-state index contributed by atoms with van der Waals surface area (Å²) in [6, 6.07) is 12.7. The maximum Gasteiger partial charge on any atom is 0.220 e. The second-order valence-corrected chi connectivity index (χ2v) is 6.41. The Bertz CT molecular complexity index is 815. The summed E-state index contributed by atoms with van der Waals surface area (Å²) in [5, 5.41) is 3.01. The molecule has 1 aromatic carbocycles. The van der Waals surface area contributed by atoms with Crippen molar-refractivity contribution in [3.63, 3.8) is 0 Å². The number of anilines is 1. The Hall–Kier alpha value is -2.69. The molecule has 5 heteroatoms. The van der Waals surface area contributed by atoms with Crippen LogP contribution in [0.3, 0.4) is 0 Å². The predicted molar refractivity (Wildman–Crippen MR) is 94.5 cm³/mol. The van der Waals surface area contributed by atoms with Gasteiger partial charge in [-0.2, -0.15) is 0 Å². The van der Waals surface area contributed by atoms with Gasteiger partial charge in [0.05, 0.1) is 12.3 Å². The van der Waals surface area contributed by atoms with E-state index in [1.54, 1.807) is 0 Å². The first-order valence-corrected chi connectivity index (χ1v) is 8.30. The summed E-state index contributed by atoms with van der Waals surface area (Å²) in [6.07, 6.45) is 3.35. The van der Waals surface area contributed by atoms with Gasteiger partial charge in [0.2, 0.25) is 5.91 Å². The van der Waals surface area contributed by atoms with Crippen LogP contribution in [0.15, 0.2) is 47.6 Å². The van der Waals surface area contributed by atoms with Gasteiger partial charge in [-0.15, -0.1) is 0 Å². The molecule has 2 aromatic rings. The van der Waals surface area contributed by atoms with Crippen LogP contribution in [0.1, 0.15) is 29.5 Å². The third kappa shape index (κ3) is 2.77. The number of fused-ring (bicyclic) bond motifs is 1. The van der Waals surface area contributed by atoms with E-state index in [-0.39, 0.29) is 11.9 Å². The Morgan fingerprint density at radius 2 is 2.17 bits per heavy atom. The summed E-state index contributed by atoms with van der Waals surface area (Å²) < 4.78 is 0. The number of aliphatic imine (C=N–C) groups is 1. The lowest BCUT2D eigenvalue weighted by molar-refractivity contribution is -0.119. The number of nitrogens with one attached hydrogen (secondary N) is 1. The van der Waals surface area contributed by atoms with Crippen molar-refractivity contribution in [1.82, 2.24) is 10.3 Å². The van der Waals surface area contributed by atoms with E-state index < -0.39 is 0 Å². The van der Waals surface area contributed by atoms with Crippen LogP contribution in [-0.4, -0.2) is 36.2 Å². The van der Waals surface area contributed by atoms with Gasteiger partial charge >= 0.3 is 0 Å². The van der Waals surface area contributed by atoms with Gasteiger partial charge in [-0.25, -0.2) is 4.98 Å². The van der Waals surface area contributed by atoms with Crippen LogP contribution in [0.2, 0.25) is 0 Å². The van der Waals surface area contributed by atoms with Crippen molar-refractivity contribution in [3.8, 4) is 0 Å². The molecule has 2 aliphatic heterocycles. The summed E-state index contributed by atoms with van der Waals surface area (Å²) in [5.41, 5.74) is 4.61. The quantitative estimate of drug-likeness (QED) is 0.939. The molecular weight excluding hydrogens is 300 g/mol. The van der Waals surface area contributed by atoms with Crippen molar-refractivity contribution in [2.45, 2.75) is 25.4 Å². The summed E-state index contributed by atoms with van der Waals surface area (Å²) in [5.74, 6) is 1.05. The number of rotatable bonds is 4. The molecule has 2 aliphatic rings. The molecule has 1 amide bonds. The Morgan fingerprint density at radius 3 is 3.00 bits per heavy atom. The first-order chi connectivity index (χ1) is 11.7. The van der Waals surface area contributed by atoms with Gasteiger partial charge in [0, 0.05) is 43.4 Å². The third-order valence-corrected chi connectivity index (χ3v) is 4.67. The molecule has 1 saturated heterocycles. The molecule has 1 fully saturated rings. The van der Waals surface area contributed by atoms with Crippen LogP contribution >= 0.6 is 0 Å². The molecule has 1 atom stereocenters. The lowest BCUT2D eigenvalue weighted by Gasteiger charge is -2.22. The molecule has 1 N–H and O–H groups in total. The smallest absolute Gasteiger partial charge is 0.220 e. The number of pyridine rings is 1. The molecule has 1 unspecified atom stereocenters. The second kappa shape index (κ2) is 6.07. The zero-order chi connectivity index (χ0) is 16.5. The molecule has 0 spiro atoms. The number of aromatic nitrogens is 1. The van der Waals surface area contributed by atoms with E-state index in [9.17, 15) is 4.79 Å². The largest absolute Gasteiger partial charge is 0.358 e. The standard InChI is InChI=1S/C19H20N4O/c1-23(12-15-6-7-18(24)22-15)17-10-13(8-9-20-17)19-16-5-3-2-4-14(16)11-21-19/h2-5,8-10,15H,6-7,11-12H2,1H3,(H,22,24). The number of hydrogen-bond acceptors (Lipinski definition) is 4. The Balaban J connectivity index is 1.55. The minimum Gasteiger partial charge on any atom is -0.358 e. The number of amides is 1. The average molecular weight is 320 g/mol. The molecule has 1 aromatic heterocycles. The number of carbonyl (C=O) groups excluding carboxylic acids is 1. The topological polar surface area (TPSA) is 57.6 Å². The van der Waals surface area contributed by atoms with Crippen molar-refractivity contribution in [3.05, 3.63) is 59.3 Å². The van der Waals surface area contributed by atoms with Gasteiger partial charge in [0.1, 0.15) is 5.82 Å². The van der Waals surface area contributed by atoms with Gasteiger partial charge in [-0.1, -0.05) is 24.3 Å². The minimum atomic E-state index is 0.145. The fourth-order valence-electron chi connectivity index (χ4n) is 3.40. The van der Waals surface area contributed by atoms with Gasteiger partial charge in [-0.05, 0) is 24.1 Å². The van der Waals surface area contributed by atoms with E-state index in [2.05, 4.69) is 45.5 Å². The highest BCUT2D eigenvalue weighted by atomic mass is 16.1. The Morgan fingerprint density at radius 1 is 1.29 bits per heavy atom. The first-order valence-electron chi connectivity index (χ1n) is 8.30. The number of nitrogens with zero attached hydrogens (tertiary/aromatic N) is 3. The SMILES string of the molecule is CN(CC1CCC(=O)N1)c1cc(C2=NCc3ccccc32)ccn1. The van der Waals surface area contributed by atoms with Crippen LogP contribution < -0.4 is 10.2 Å². The predicted octanol–water partition coefficient (Wildman–Crippen LogP) is 2.15. The summed E-state index contributed by atoms with van der Waals surface area (Å²) in [4.78, 5) is 22.6. The number of hydrogen-bond donors (Lipinski definition) is 1. The summed E-state index contributed by atoms with van der Waals surface area (Å²) in [6.45, 7) is 1.51. The highest BCUT2D eigenvalue weighted by Crippen LogP contribution is 2.24. The normalized spacial score (nSPS) is 19.0. The van der Waals surface area contributed by atoms with Crippen molar-refractivity contribution in [1.29, 1.82) is 0 Å². The summed E-state index contributed by atoms with van der Waals surface area (Å²) >= 11 is 0.